The van der Waals surface area contributed by atoms with Gasteiger partial charge in [0.05, 0.1) is 12.1 Å². The van der Waals surface area contributed by atoms with Crippen molar-refractivity contribution in [1.82, 2.24) is 0 Å². The summed E-state index contributed by atoms with van der Waals surface area (Å²) >= 11 is 5.85. The third-order valence-electron chi connectivity index (χ3n) is 4.08. The van der Waals surface area contributed by atoms with Crippen molar-refractivity contribution in [2.24, 2.45) is 0 Å². The Morgan fingerprint density at radius 2 is 1.74 bits per heavy atom. The molecular formula is C18H17ClN2O2. The first-order valence-electron chi connectivity index (χ1n) is 7.42. The van der Waals surface area contributed by atoms with Crippen molar-refractivity contribution in [2.75, 3.05) is 10.2 Å². The molecule has 1 saturated heterocycles. The Morgan fingerprint density at radius 1 is 1.04 bits per heavy atom. The molecule has 1 N–H and O–H groups in total. The Balaban J connectivity index is 1.82. The monoisotopic (exact) mass is 328 g/mol. The number of anilines is 2. The second-order valence-electron chi connectivity index (χ2n) is 5.74. The second-order valence-corrected chi connectivity index (χ2v) is 6.18. The third kappa shape index (κ3) is 3.08. The van der Waals surface area contributed by atoms with Crippen LogP contribution in [-0.2, 0) is 9.59 Å². The first kappa shape index (κ1) is 15.6. The number of rotatable bonds is 3. The van der Waals surface area contributed by atoms with Crippen molar-refractivity contribution >= 4 is 34.8 Å². The highest BCUT2D eigenvalue weighted by Gasteiger charge is 2.39. The maximum absolute atomic E-state index is 12.6. The van der Waals surface area contributed by atoms with Gasteiger partial charge >= 0.3 is 0 Å². The molecule has 1 atom stereocenters. The normalized spacial score (nSPS) is 17.7. The molecule has 2 aromatic rings. The quantitative estimate of drug-likeness (QED) is 0.874. The molecule has 0 unspecified atom stereocenters. The summed E-state index contributed by atoms with van der Waals surface area (Å²) in [5.41, 5.74) is 3.58. The van der Waals surface area contributed by atoms with Gasteiger partial charge in [-0.15, -0.1) is 0 Å². The van der Waals surface area contributed by atoms with Crippen LogP contribution in [0.1, 0.15) is 17.5 Å². The highest BCUT2D eigenvalue weighted by Crippen LogP contribution is 2.27. The Labute approximate surface area is 140 Å². The van der Waals surface area contributed by atoms with E-state index in [1.165, 1.54) is 4.90 Å². The molecule has 1 heterocycles. The third-order valence-corrected chi connectivity index (χ3v) is 4.33. The number of carbonyl (C=O) groups excluding carboxylic acids is 2. The van der Waals surface area contributed by atoms with Gasteiger partial charge in [0, 0.05) is 10.7 Å². The van der Waals surface area contributed by atoms with Crippen LogP contribution >= 0.6 is 11.6 Å². The number of hydrogen-bond donors (Lipinski definition) is 1. The van der Waals surface area contributed by atoms with Crippen LogP contribution in [0.2, 0.25) is 5.02 Å². The van der Waals surface area contributed by atoms with Crippen LogP contribution in [0.4, 0.5) is 11.4 Å². The standard InChI is InChI=1S/C18H17ClN2O2/c1-11-3-8-15(9-12(11)2)21-17(22)10-16(18(21)23)20-14-6-4-13(19)5-7-14/h3-9,16,20H,10H2,1-2H3/t16-/m0/s1. The van der Waals surface area contributed by atoms with E-state index in [-0.39, 0.29) is 18.2 Å². The van der Waals surface area contributed by atoms with E-state index < -0.39 is 6.04 Å². The van der Waals surface area contributed by atoms with Gasteiger partial charge in [0.15, 0.2) is 0 Å². The summed E-state index contributed by atoms with van der Waals surface area (Å²) in [5, 5.41) is 3.73. The largest absolute Gasteiger partial charge is 0.373 e. The summed E-state index contributed by atoms with van der Waals surface area (Å²) in [5.74, 6) is -0.419. The van der Waals surface area contributed by atoms with Gasteiger partial charge in [-0.1, -0.05) is 17.7 Å². The van der Waals surface area contributed by atoms with Crippen molar-refractivity contribution < 1.29 is 9.59 Å². The van der Waals surface area contributed by atoms with E-state index in [1.54, 1.807) is 24.3 Å². The molecule has 1 aliphatic rings. The number of benzene rings is 2. The summed E-state index contributed by atoms with van der Waals surface area (Å²) < 4.78 is 0. The SMILES string of the molecule is Cc1ccc(N2C(=O)C[C@H](Nc3ccc(Cl)cc3)C2=O)cc1C. The lowest BCUT2D eigenvalue weighted by Gasteiger charge is -2.17. The molecule has 2 aromatic carbocycles. The average molecular weight is 329 g/mol. The molecular weight excluding hydrogens is 312 g/mol. The highest BCUT2D eigenvalue weighted by molar-refractivity contribution is 6.30. The maximum Gasteiger partial charge on any atom is 0.256 e. The van der Waals surface area contributed by atoms with Crippen molar-refractivity contribution in [3.05, 3.63) is 58.6 Å². The van der Waals surface area contributed by atoms with E-state index in [2.05, 4.69) is 5.32 Å². The van der Waals surface area contributed by atoms with Crippen molar-refractivity contribution in [1.29, 1.82) is 0 Å². The fourth-order valence-corrected chi connectivity index (χ4v) is 2.75. The smallest absolute Gasteiger partial charge is 0.256 e. The molecule has 4 nitrogen and oxygen atoms in total. The minimum Gasteiger partial charge on any atom is -0.373 e. The topological polar surface area (TPSA) is 49.4 Å². The second kappa shape index (κ2) is 6.05. The van der Waals surface area contributed by atoms with Crippen LogP contribution in [0.15, 0.2) is 42.5 Å². The van der Waals surface area contributed by atoms with Crippen LogP contribution in [0.5, 0.6) is 0 Å². The number of amides is 2. The zero-order valence-electron chi connectivity index (χ0n) is 13.0. The van der Waals surface area contributed by atoms with Crippen LogP contribution in [0.25, 0.3) is 0 Å². The van der Waals surface area contributed by atoms with Gasteiger partial charge < -0.3 is 5.32 Å². The highest BCUT2D eigenvalue weighted by atomic mass is 35.5. The summed E-state index contributed by atoms with van der Waals surface area (Å²) in [6.07, 6.45) is 0.147. The summed E-state index contributed by atoms with van der Waals surface area (Å²) in [4.78, 5) is 26.1. The summed E-state index contributed by atoms with van der Waals surface area (Å²) in [6, 6.07) is 12.1. The molecule has 2 amide bonds. The molecule has 0 aliphatic carbocycles. The first-order chi connectivity index (χ1) is 11.0. The Morgan fingerprint density at radius 3 is 2.39 bits per heavy atom. The average Bonchev–Trinajstić information content (AvgIpc) is 2.79. The molecule has 0 saturated carbocycles. The van der Waals surface area contributed by atoms with E-state index in [4.69, 9.17) is 11.6 Å². The number of halogens is 1. The molecule has 0 spiro atoms. The van der Waals surface area contributed by atoms with Gasteiger partial charge in [-0.2, -0.15) is 0 Å². The van der Waals surface area contributed by atoms with Gasteiger partial charge in [-0.05, 0) is 61.4 Å². The van der Waals surface area contributed by atoms with Gasteiger partial charge in [0.2, 0.25) is 5.91 Å². The predicted molar refractivity (Wildman–Crippen MR) is 91.9 cm³/mol. The fraction of sp³-hybridized carbons (Fsp3) is 0.222. The van der Waals surface area contributed by atoms with E-state index in [1.807, 2.05) is 32.0 Å². The zero-order valence-corrected chi connectivity index (χ0v) is 13.7. The molecule has 118 valence electrons. The predicted octanol–water partition coefficient (Wildman–Crippen LogP) is 3.70. The maximum atomic E-state index is 12.6. The van der Waals surface area contributed by atoms with Crippen LogP contribution < -0.4 is 10.2 Å². The van der Waals surface area contributed by atoms with E-state index in [0.717, 1.165) is 16.8 Å². The Hall–Kier alpha value is -2.33. The summed E-state index contributed by atoms with van der Waals surface area (Å²) in [7, 11) is 0. The molecule has 0 aromatic heterocycles. The molecule has 1 aliphatic heterocycles. The number of nitrogens with zero attached hydrogens (tertiary/aromatic N) is 1. The van der Waals surface area contributed by atoms with Crippen LogP contribution in [0.3, 0.4) is 0 Å². The van der Waals surface area contributed by atoms with Crippen molar-refractivity contribution in [3.63, 3.8) is 0 Å². The Kier molecular flexibility index (Phi) is 4.09. The molecule has 0 radical (unpaired) electrons. The molecule has 23 heavy (non-hydrogen) atoms. The minimum absolute atomic E-state index is 0.147. The van der Waals surface area contributed by atoms with Crippen LogP contribution in [0, 0.1) is 13.8 Å². The van der Waals surface area contributed by atoms with Gasteiger partial charge in [-0.3, -0.25) is 9.59 Å². The lowest BCUT2D eigenvalue weighted by Crippen LogP contribution is -2.34. The van der Waals surface area contributed by atoms with E-state index in [0.29, 0.717) is 10.7 Å². The first-order valence-corrected chi connectivity index (χ1v) is 7.79. The number of aryl methyl sites for hydroxylation is 2. The number of hydrogen-bond acceptors (Lipinski definition) is 3. The lowest BCUT2D eigenvalue weighted by atomic mass is 10.1. The van der Waals surface area contributed by atoms with Gasteiger partial charge in [0.25, 0.3) is 5.91 Å². The van der Waals surface area contributed by atoms with Gasteiger partial charge in [-0.25, -0.2) is 4.90 Å². The van der Waals surface area contributed by atoms with Crippen LogP contribution in [-0.4, -0.2) is 17.9 Å². The number of imide groups is 1. The summed E-state index contributed by atoms with van der Waals surface area (Å²) in [6.45, 7) is 3.96. The Bertz CT molecular complexity index is 771. The number of nitrogens with one attached hydrogen (secondary N) is 1. The molecule has 3 rings (SSSR count). The van der Waals surface area contributed by atoms with E-state index >= 15 is 0 Å². The zero-order chi connectivity index (χ0) is 16.6. The lowest BCUT2D eigenvalue weighted by molar-refractivity contribution is -0.121. The van der Waals surface area contributed by atoms with Crippen molar-refractivity contribution in [2.45, 2.75) is 26.3 Å². The van der Waals surface area contributed by atoms with E-state index in [9.17, 15) is 9.59 Å². The number of carbonyl (C=O) groups is 2. The molecule has 1 fully saturated rings. The van der Waals surface area contributed by atoms with Crippen molar-refractivity contribution in [3.8, 4) is 0 Å². The minimum atomic E-state index is -0.551. The van der Waals surface area contributed by atoms with Gasteiger partial charge in [0.1, 0.15) is 6.04 Å². The fourth-order valence-electron chi connectivity index (χ4n) is 2.63. The molecule has 5 heteroatoms. The molecule has 0 bridgehead atoms.